The summed E-state index contributed by atoms with van der Waals surface area (Å²) in [6, 6.07) is 10.4. The van der Waals surface area contributed by atoms with E-state index in [1.807, 2.05) is 31.0 Å². The number of fused-ring (bicyclic) bond motifs is 1. The maximum absolute atomic E-state index is 16.2. The van der Waals surface area contributed by atoms with Crippen LogP contribution in [0.1, 0.15) is 28.4 Å². The first-order valence-electron chi connectivity index (χ1n) is 12.6. The molecule has 1 amide bonds. The number of carbonyl (C=O) groups excluding carboxylic acids is 1. The molecule has 3 aromatic rings. The Morgan fingerprint density at radius 2 is 1.84 bits per heavy atom. The van der Waals surface area contributed by atoms with E-state index >= 15 is 8.78 Å². The molecule has 7 nitrogen and oxygen atoms in total. The van der Waals surface area contributed by atoms with Gasteiger partial charge in [-0.1, -0.05) is 19.1 Å². The number of nitrogens with one attached hydrogen (secondary N) is 1. The molecule has 0 bridgehead atoms. The molecule has 0 saturated carbocycles. The second kappa shape index (κ2) is 10.4. The summed E-state index contributed by atoms with van der Waals surface area (Å²) in [4.78, 5) is 20.2. The number of nitrogens with two attached hydrogens (primary N) is 1. The average molecular weight is 508 g/mol. The lowest BCUT2D eigenvalue weighted by Gasteiger charge is -2.32. The third-order valence-corrected chi connectivity index (χ3v) is 7.17. The Balaban J connectivity index is 1.60. The van der Waals surface area contributed by atoms with Crippen molar-refractivity contribution in [3.63, 3.8) is 0 Å². The van der Waals surface area contributed by atoms with Crippen molar-refractivity contribution in [2.45, 2.75) is 19.9 Å². The summed E-state index contributed by atoms with van der Waals surface area (Å²) in [6.45, 7) is 6.17. The highest BCUT2D eigenvalue weighted by atomic mass is 19.1. The Labute approximate surface area is 215 Å². The second-order valence-corrected chi connectivity index (χ2v) is 9.49. The number of benzene rings is 2. The number of aromatic nitrogens is 1. The van der Waals surface area contributed by atoms with Crippen molar-refractivity contribution >= 4 is 17.4 Å². The zero-order valence-electron chi connectivity index (χ0n) is 21.1. The molecular formula is C28H31F2N5O2. The number of rotatable bonds is 6. The average Bonchev–Trinajstić information content (AvgIpc) is 2.90. The molecule has 3 heterocycles. The Morgan fingerprint density at radius 1 is 1.08 bits per heavy atom. The maximum atomic E-state index is 16.2. The van der Waals surface area contributed by atoms with Crippen LogP contribution >= 0.6 is 0 Å². The molecule has 3 N–H and O–H groups in total. The van der Waals surface area contributed by atoms with Crippen molar-refractivity contribution in [1.29, 1.82) is 0 Å². The van der Waals surface area contributed by atoms with E-state index in [9.17, 15) is 4.79 Å². The number of amides is 1. The molecule has 9 heteroatoms. The third kappa shape index (κ3) is 4.89. The highest BCUT2D eigenvalue weighted by molar-refractivity contribution is 5.97. The van der Waals surface area contributed by atoms with Crippen LogP contribution in [0.25, 0.3) is 22.3 Å². The Morgan fingerprint density at radius 3 is 2.59 bits per heavy atom. The van der Waals surface area contributed by atoms with Crippen LogP contribution in [-0.4, -0.2) is 62.2 Å². The van der Waals surface area contributed by atoms with Gasteiger partial charge < -0.3 is 25.6 Å². The first kappa shape index (κ1) is 25.1. The molecule has 0 atom stereocenters. The van der Waals surface area contributed by atoms with Crippen LogP contribution < -0.4 is 16.0 Å². The van der Waals surface area contributed by atoms with Crippen molar-refractivity contribution in [1.82, 2.24) is 15.2 Å². The van der Waals surface area contributed by atoms with Gasteiger partial charge in [-0.3, -0.25) is 4.79 Å². The predicted molar refractivity (Wildman–Crippen MR) is 141 cm³/mol. The van der Waals surface area contributed by atoms with Gasteiger partial charge >= 0.3 is 0 Å². The molecule has 37 heavy (non-hydrogen) atoms. The molecule has 2 aliphatic rings. The second-order valence-electron chi connectivity index (χ2n) is 9.49. The quantitative estimate of drug-likeness (QED) is 0.493. The Kier molecular flexibility index (Phi) is 7.08. The number of hydrogen-bond acceptors (Lipinski definition) is 6. The predicted octanol–water partition coefficient (Wildman–Crippen LogP) is 3.85. The number of hydrogen-bond donors (Lipinski definition) is 2. The molecule has 2 aromatic carbocycles. The zero-order chi connectivity index (χ0) is 26.1. The zero-order valence-corrected chi connectivity index (χ0v) is 21.1. The maximum Gasteiger partial charge on any atom is 0.251 e. The van der Waals surface area contributed by atoms with Crippen LogP contribution in [0.15, 0.2) is 36.4 Å². The van der Waals surface area contributed by atoms with Crippen molar-refractivity contribution < 1.29 is 18.3 Å². The van der Waals surface area contributed by atoms with Gasteiger partial charge in [-0.15, -0.1) is 0 Å². The number of pyridine rings is 1. The van der Waals surface area contributed by atoms with Gasteiger partial charge in [0, 0.05) is 59.7 Å². The molecule has 0 radical (unpaired) electrons. The highest BCUT2D eigenvalue weighted by Crippen LogP contribution is 2.37. The molecular weight excluding hydrogens is 476 g/mol. The van der Waals surface area contributed by atoms with Crippen LogP contribution in [0.5, 0.6) is 0 Å². The molecule has 2 aliphatic heterocycles. The molecule has 0 unspecified atom stereocenters. The van der Waals surface area contributed by atoms with Gasteiger partial charge in [-0.05, 0) is 55.4 Å². The van der Waals surface area contributed by atoms with Crippen LogP contribution in [0.4, 0.5) is 20.3 Å². The topological polar surface area (TPSA) is 83.7 Å². The lowest BCUT2D eigenvalue weighted by Crippen LogP contribution is -2.37. The van der Waals surface area contributed by atoms with Gasteiger partial charge in [0.05, 0.1) is 13.2 Å². The number of morpholine rings is 1. The SMILES string of the molecule is CCN(C)Cc1c(N2CCOCC2)ccc(-c2cc(-c3ccc4c(c3)CCNC4=O)c(N)nc2F)c1F. The fraction of sp³-hybridized carbons (Fsp3) is 0.357. The fourth-order valence-corrected chi connectivity index (χ4v) is 4.97. The van der Waals surface area contributed by atoms with Crippen molar-refractivity contribution in [3.05, 3.63) is 64.9 Å². The summed E-state index contributed by atoms with van der Waals surface area (Å²) in [5, 5.41) is 2.82. The molecule has 5 rings (SSSR count). The number of ether oxygens (including phenoxy) is 1. The number of nitrogens with zero attached hydrogens (tertiary/aromatic N) is 3. The van der Waals surface area contributed by atoms with Gasteiger partial charge in [-0.25, -0.2) is 9.37 Å². The summed E-state index contributed by atoms with van der Waals surface area (Å²) in [6.07, 6.45) is 0.683. The highest BCUT2D eigenvalue weighted by Gasteiger charge is 2.24. The van der Waals surface area contributed by atoms with E-state index in [1.165, 1.54) is 0 Å². The minimum Gasteiger partial charge on any atom is -0.383 e. The van der Waals surface area contributed by atoms with Crippen LogP contribution in [0.3, 0.4) is 0 Å². The van der Waals surface area contributed by atoms with Gasteiger partial charge in [0.2, 0.25) is 5.95 Å². The van der Waals surface area contributed by atoms with Gasteiger partial charge in [0.15, 0.2) is 0 Å². The van der Waals surface area contributed by atoms with E-state index in [0.717, 1.165) is 17.8 Å². The molecule has 0 aliphatic carbocycles. The largest absolute Gasteiger partial charge is 0.383 e. The molecule has 1 fully saturated rings. The Hall–Kier alpha value is -3.56. The molecule has 0 spiro atoms. The number of halogens is 2. The van der Waals surface area contributed by atoms with Crippen LogP contribution in [0, 0.1) is 11.8 Å². The van der Waals surface area contributed by atoms with Crippen molar-refractivity contribution in [2.24, 2.45) is 0 Å². The summed E-state index contributed by atoms with van der Waals surface area (Å²) in [5.74, 6) is -1.40. The summed E-state index contributed by atoms with van der Waals surface area (Å²) in [7, 11) is 1.93. The monoisotopic (exact) mass is 507 g/mol. The van der Waals surface area contributed by atoms with Gasteiger partial charge in [-0.2, -0.15) is 4.39 Å². The molecule has 194 valence electrons. The number of nitrogen functional groups attached to an aromatic ring is 1. The minimum absolute atomic E-state index is 0.0118. The lowest BCUT2D eigenvalue weighted by atomic mass is 9.93. The van der Waals surface area contributed by atoms with E-state index in [0.29, 0.717) is 68.1 Å². The van der Waals surface area contributed by atoms with Gasteiger partial charge in [0.1, 0.15) is 11.6 Å². The van der Waals surface area contributed by atoms with Crippen LogP contribution in [0.2, 0.25) is 0 Å². The normalized spacial score (nSPS) is 15.6. The van der Waals surface area contributed by atoms with Gasteiger partial charge in [0.25, 0.3) is 5.91 Å². The first-order valence-corrected chi connectivity index (χ1v) is 12.6. The summed E-state index contributed by atoms with van der Waals surface area (Å²) < 4.78 is 36.9. The first-order chi connectivity index (χ1) is 17.9. The smallest absolute Gasteiger partial charge is 0.251 e. The lowest BCUT2D eigenvalue weighted by molar-refractivity contribution is 0.0946. The fourth-order valence-electron chi connectivity index (χ4n) is 4.97. The minimum atomic E-state index is -0.827. The summed E-state index contributed by atoms with van der Waals surface area (Å²) in [5.41, 5.74) is 10.3. The van der Waals surface area contributed by atoms with E-state index in [2.05, 4.69) is 15.2 Å². The van der Waals surface area contributed by atoms with Crippen molar-refractivity contribution in [3.8, 4) is 22.3 Å². The summed E-state index contributed by atoms with van der Waals surface area (Å²) >= 11 is 0. The molecule has 1 saturated heterocycles. The third-order valence-electron chi connectivity index (χ3n) is 7.17. The number of anilines is 2. The van der Waals surface area contributed by atoms with E-state index in [4.69, 9.17) is 10.5 Å². The van der Waals surface area contributed by atoms with Crippen molar-refractivity contribution in [2.75, 3.05) is 57.1 Å². The molecule has 1 aromatic heterocycles. The van der Waals surface area contributed by atoms with E-state index < -0.39 is 11.8 Å². The number of carbonyl (C=O) groups is 1. The van der Waals surface area contributed by atoms with Crippen LogP contribution in [-0.2, 0) is 17.7 Å². The standard InChI is InChI=1S/C28H31F2N5O2/c1-3-34(2)16-23-24(35-10-12-37-13-11-35)7-6-20(25(23)29)22-15-21(27(31)33-26(22)30)17-4-5-19-18(14-17)8-9-32-28(19)36/h4-7,14-15H,3,8-13,16H2,1-2H3,(H2,31,33)(H,32,36). The Bertz CT molecular complexity index is 1340. The van der Waals surface area contributed by atoms with E-state index in [-0.39, 0.29) is 22.9 Å². The van der Waals surface area contributed by atoms with E-state index in [1.54, 1.807) is 24.3 Å².